The van der Waals surface area contributed by atoms with E-state index in [2.05, 4.69) is 5.32 Å². The van der Waals surface area contributed by atoms with Crippen LogP contribution in [0.25, 0.3) is 11.0 Å². The molecule has 0 bridgehead atoms. The average molecular weight is 547 g/mol. The van der Waals surface area contributed by atoms with Crippen molar-refractivity contribution in [2.75, 3.05) is 20.2 Å². The quantitative estimate of drug-likeness (QED) is 0.346. The zero-order valence-corrected chi connectivity index (χ0v) is 20.7. The summed E-state index contributed by atoms with van der Waals surface area (Å²) in [6, 6.07) is 8.90. The van der Waals surface area contributed by atoms with Crippen molar-refractivity contribution < 1.29 is 28.2 Å². The fourth-order valence-electron chi connectivity index (χ4n) is 3.88. The van der Waals surface area contributed by atoms with Crippen LogP contribution in [-0.4, -0.2) is 50.8 Å². The number of carbonyl (C=O) groups excluding carboxylic acids is 2. The molecule has 2 aromatic heterocycles. The van der Waals surface area contributed by atoms with E-state index >= 15 is 0 Å². The van der Waals surface area contributed by atoms with E-state index in [1.807, 2.05) is 0 Å². The van der Waals surface area contributed by atoms with Crippen LogP contribution >= 0.6 is 11.6 Å². The Morgan fingerprint density at radius 3 is 2.45 bits per heavy atom. The molecule has 10 nitrogen and oxygen atoms in total. The Morgan fingerprint density at radius 2 is 1.76 bits per heavy atom. The molecule has 2 aromatic carbocycles. The number of pyridine rings is 1. The number of hydrogen-bond acceptors (Lipinski definition) is 7. The fourth-order valence-corrected chi connectivity index (χ4v) is 4.11. The summed E-state index contributed by atoms with van der Waals surface area (Å²) in [5, 5.41) is 11.7. The molecule has 0 fully saturated rings. The van der Waals surface area contributed by atoms with E-state index in [-0.39, 0.29) is 47.1 Å². The number of carbonyl (C=O) groups is 2. The minimum Gasteiger partial charge on any atom is -0.487 e. The Kier molecular flexibility index (Phi) is 7.86. The third kappa shape index (κ3) is 5.14. The first-order valence-corrected chi connectivity index (χ1v) is 11.6. The molecule has 0 aliphatic rings. The number of ether oxygens (including phenoxy) is 1. The summed E-state index contributed by atoms with van der Waals surface area (Å²) < 4.78 is 35.2. The van der Waals surface area contributed by atoms with Crippen molar-refractivity contribution in [3.63, 3.8) is 0 Å². The number of nitrogens with one attached hydrogen (secondary N) is 1. The van der Waals surface area contributed by atoms with Crippen molar-refractivity contribution in [2.24, 2.45) is 0 Å². The normalized spacial score (nSPS) is 11.2. The minimum atomic E-state index is -0.957. The highest BCUT2D eigenvalue weighted by molar-refractivity contribution is 6.31. The Morgan fingerprint density at radius 1 is 1.03 bits per heavy atom. The van der Waals surface area contributed by atoms with E-state index in [1.54, 1.807) is 6.07 Å². The van der Waals surface area contributed by atoms with Gasteiger partial charge >= 0.3 is 5.69 Å². The van der Waals surface area contributed by atoms with Crippen LogP contribution in [0.4, 0.5) is 8.78 Å². The van der Waals surface area contributed by atoms with Crippen LogP contribution in [0.1, 0.15) is 20.7 Å². The number of halogens is 3. The predicted octanol–water partition coefficient (Wildman–Crippen LogP) is 2.02. The second-order valence-electron chi connectivity index (χ2n) is 8.20. The zero-order valence-electron chi connectivity index (χ0n) is 19.9. The molecule has 2 heterocycles. The van der Waals surface area contributed by atoms with Gasteiger partial charge in [-0.3, -0.25) is 14.4 Å². The second kappa shape index (κ2) is 11.1. The van der Waals surface area contributed by atoms with Crippen molar-refractivity contribution >= 4 is 34.4 Å². The highest BCUT2D eigenvalue weighted by atomic mass is 35.5. The topological polar surface area (TPSA) is 125 Å². The maximum absolute atomic E-state index is 13.9. The van der Waals surface area contributed by atoms with E-state index in [0.717, 1.165) is 10.6 Å². The molecule has 2 N–H and O–H groups in total. The van der Waals surface area contributed by atoms with Crippen molar-refractivity contribution in [2.45, 2.75) is 13.2 Å². The van der Waals surface area contributed by atoms with Crippen molar-refractivity contribution in [3.8, 4) is 5.75 Å². The monoisotopic (exact) mass is 546 g/mol. The predicted molar refractivity (Wildman–Crippen MR) is 134 cm³/mol. The van der Waals surface area contributed by atoms with Crippen molar-refractivity contribution in [3.05, 3.63) is 97.3 Å². The van der Waals surface area contributed by atoms with Crippen LogP contribution in [0.15, 0.2) is 58.3 Å². The van der Waals surface area contributed by atoms with Gasteiger partial charge in [0.25, 0.3) is 11.5 Å². The van der Waals surface area contributed by atoms with Gasteiger partial charge in [-0.15, -0.1) is 0 Å². The molecule has 0 atom stereocenters. The van der Waals surface area contributed by atoms with Crippen LogP contribution in [-0.2, 0) is 13.2 Å². The molecule has 13 heteroatoms. The smallest absolute Gasteiger partial charge is 0.342 e. The van der Waals surface area contributed by atoms with Gasteiger partial charge in [0.2, 0.25) is 5.91 Å². The van der Waals surface area contributed by atoms with E-state index in [0.29, 0.717) is 16.2 Å². The molecule has 0 aliphatic heterocycles. The first-order chi connectivity index (χ1) is 18.2. The molecule has 4 aromatic rings. The second-order valence-corrected chi connectivity index (χ2v) is 8.58. The number of aliphatic hydroxyl groups excluding tert-OH is 1. The maximum Gasteiger partial charge on any atom is 0.342 e. The third-order valence-corrected chi connectivity index (χ3v) is 6.04. The van der Waals surface area contributed by atoms with E-state index in [4.69, 9.17) is 16.3 Å². The van der Waals surface area contributed by atoms with Crippen LogP contribution in [0, 0.1) is 11.6 Å². The van der Waals surface area contributed by atoms with Crippen molar-refractivity contribution in [1.29, 1.82) is 0 Å². The number of hydrogen-bond donors (Lipinski definition) is 2. The lowest BCUT2D eigenvalue weighted by atomic mass is 10.2. The molecule has 4 rings (SSSR count). The standard InChI is InChI=1S/C25H21ClF2N4O6/c1-29-10-21(34)31-18-5-2-14(8-19(18)32(25(31)37)22(35)12-33)11-30-7-6-20(23(26)24(30)36)38-13-15-3-4-16(27)9-17(15)28/h2-9,29,33H,10-13H2,1H3. The van der Waals surface area contributed by atoms with Gasteiger partial charge in [0, 0.05) is 17.8 Å². The molecule has 0 saturated heterocycles. The first-order valence-electron chi connectivity index (χ1n) is 11.2. The van der Waals surface area contributed by atoms with Crippen molar-refractivity contribution in [1.82, 2.24) is 19.0 Å². The van der Waals surface area contributed by atoms with Crippen LogP contribution in [0.5, 0.6) is 5.75 Å². The number of nitrogens with zero attached hydrogens (tertiary/aromatic N) is 3. The fraction of sp³-hybridized carbons (Fsp3) is 0.200. The van der Waals surface area contributed by atoms with Gasteiger partial charge in [0.15, 0.2) is 0 Å². The van der Waals surface area contributed by atoms with Gasteiger partial charge in [0.1, 0.15) is 35.6 Å². The first kappa shape index (κ1) is 26.9. The van der Waals surface area contributed by atoms with Gasteiger partial charge in [-0.1, -0.05) is 17.7 Å². The Balaban J connectivity index is 1.65. The lowest BCUT2D eigenvalue weighted by molar-refractivity contribution is 0.0817. The molecule has 0 aliphatic carbocycles. The molecular formula is C25H21ClF2N4O6. The van der Waals surface area contributed by atoms with Crippen LogP contribution in [0.2, 0.25) is 5.02 Å². The number of benzene rings is 2. The summed E-state index contributed by atoms with van der Waals surface area (Å²) in [5.41, 5.74) is -0.761. The number of rotatable bonds is 8. The summed E-state index contributed by atoms with van der Waals surface area (Å²) in [5.74, 6) is -3.06. The van der Waals surface area contributed by atoms with E-state index in [1.165, 1.54) is 42.1 Å². The number of aromatic nitrogens is 3. The van der Waals surface area contributed by atoms with E-state index < -0.39 is 41.3 Å². The summed E-state index contributed by atoms with van der Waals surface area (Å²) in [6.07, 6.45) is 1.39. The summed E-state index contributed by atoms with van der Waals surface area (Å²) in [7, 11) is 1.53. The highest BCUT2D eigenvalue weighted by Gasteiger charge is 2.22. The Bertz CT molecular complexity index is 1680. The number of likely N-dealkylation sites (N-methyl/N-ethyl adjacent to an activating group) is 1. The molecule has 0 radical (unpaired) electrons. The van der Waals surface area contributed by atoms with Crippen LogP contribution < -0.4 is 21.3 Å². The minimum absolute atomic E-state index is 0.00500. The van der Waals surface area contributed by atoms with Gasteiger partial charge in [-0.05, 0) is 42.9 Å². The lowest BCUT2D eigenvalue weighted by Crippen LogP contribution is -2.36. The molecule has 38 heavy (non-hydrogen) atoms. The average Bonchev–Trinajstić information content (AvgIpc) is 3.18. The molecule has 0 saturated carbocycles. The number of imidazole rings is 1. The Labute approximate surface area is 218 Å². The van der Waals surface area contributed by atoms with Crippen LogP contribution in [0.3, 0.4) is 0 Å². The largest absolute Gasteiger partial charge is 0.487 e. The summed E-state index contributed by atoms with van der Waals surface area (Å²) in [4.78, 5) is 50.4. The molecule has 198 valence electrons. The molecular weight excluding hydrogens is 526 g/mol. The third-order valence-electron chi connectivity index (χ3n) is 5.69. The van der Waals surface area contributed by atoms with Gasteiger partial charge in [-0.2, -0.15) is 0 Å². The summed E-state index contributed by atoms with van der Waals surface area (Å²) in [6.45, 7) is -1.43. The Hall–Kier alpha value is -4.13. The van der Waals surface area contributed by atoms with Gasteiger partial charge < -0.3 is 19.7 Å². The van der Waals surface area contributed by atoms with Gasteiger partial charge in [0.05, 0.1) is 24.1 Å². The van der Waals surface area contributed by atoms with Gasteiger partial charge in [-0.25, -0.2) is 22.7 Å². The SMILES string of the molecule is CNCC(=O)n1c(=O)n(C(=O)CO)c2cc(Cn3ccc(OCc4ccc(F)cc4F)c(Cl)c3=O)ccc21. The van der Waals surface area contributed by atoms with E-state index in [9.17, 15) is 33.1 Å². The maximum atomic E-state index is 13.9. The molecule has 0 unspecified atom stereocenters. The highest BCUT2D eigenvalue weighted by Crippen LogP contribution is 2.23. The number of fused-ring (bicyclic) bond motifs is 1. The summed E-state index contributed by atoms with van der Waals surface area (Å²) >= 11 is 6.19. The lowest BCUT2D eigenvalue weighted by Gasteiger charge is -2.12. The number of aliphatic hydroxyl groups is 1. The molecule has 0 spiro atoms. The zero-order chi connectivity index (χ0) is 27.6. The molecule has 0 amide bonds.